The van der Waals surface area contributed by atoms with E-state index in [2.05, 4.69) is 41.8 Å². The highest BCUT2D eigenvalue weighted by Crippen LogP contribution is 2.22. The van der Waals surface area contributed by atoms with Gasteiger partial charge in [-0.1, -0.05) is 13.8 Å². The predicted octanol–water partition coefficient (Wildman–Crippen LogP) is 2.65. The van der Waals surface area contributed by atoms with Crippen molar-refractivity contribution in [1.82, 2.24) is 18.9 Å². The van der Waals surface area contributed by atoms with Crippen molar-refractivity contribution in [3.8, 4) is 0 Å². The number of aryl methyl sites for hydroxylation is 3. The minimum atomic E-state index is 0.0423. The second-order valence-corrected chi connectivity index (χ2v) is 5.57. The molecule has 2 aromatic heterocycles. The molecule has 0 saturated heterocycles. The van der Waals surface area contributed by atoms with E-state index in [1.807, 2.05) is 17.1 Å². The predicted molar refractivity (Wildman–Crippen MR) is 83.1 cm³/mol. The molecule has 0 aromatic carbocycles. The number of imidazole rings is 1. The topological polar surface area (TPSA) is 44.8 Å². The lowest BCUT2D eigenvalue weighted by Crippen LogP contribution is -2.25. The molecule has 0 unspecified atom stereocenters. The van der Waals surface area contributed by atoms with Crippen LogP contribution in [0.15, 0.2) is 21.7 Å². The zero-order valence-corrected chi connectivity index (χ0v) is 13.9. The Morgan fingerprint density at radius 3 is 2.50 bits per heavy atom. The molecule has 0 fully saturated rings. The first-order valence-electron chi connectivity index (χ1n) is 7.11. The standard InChI is InChI=1S/C14H21BrN4O/c1-4-7-17-8-9-18(14(17)20)10-12-13(15)11(5-2)16-19(12)6-3/h8-9H,4-7,10H2,1-3H3. The van der Waals surface area contributed by atoms with Gasteiger partial charge in [0.25, 0.3) is 0 Å². The van der Waals surface area contributed by atoms with E-state index < -0.39 is 0 Å². The number of aromatic nitrogens is 4. The van der Waals surface area contributed by atoms with E-state index in [9.17, 15) is 4.79 Å². The molecule has 0 aliphatic heterocycles. The molecule has 0 spiro atoms. The highest BCUT2D eigenvalue weighted by atomic mass is 79.9. The lowest BCUT2D eigenvalue weighted by Gasteiger charge is -2.06. The van der Waals surface area contributed by atoms with Crippen LogP contribution in [0.2, 0.25) is 0 Å². The highest BCUT2D eigenvalue weighted by molar-refractivity contribution is 9.10. The van der Waals surface area contributed by atoms with Crippen molar-refractivity contribution in [2.24, 2.45) is 0 Å². The fourth-order valence-electron chi connectivity index (χ4n) is 2.31. The largest absolute Gasteiger partial charge is 0.328 e. The molecule has 0 aliphatic rings. The van der Waals surface area contributed by atoms with E-state index in [-0.39, 0.29) is 5.69 Å². The third kappa shape index (κ3) is 2.75. The van der Waals surface area contributed by atoms with Gasteiger partial charge >= 0.3 is 5.69 Å². The van der Waals surface area contributed by atoms with Crippen molar-refractivity contribution in [2.45, 2.75) is 53.2 Å². The maximum Gasteiger partial charge on any atom is 0.328 e. The molecule has 2 rings (SSSR count). The number of hydrogen-bond acceptors (Lipinski definition) is 2. The van der Waals surface area contributed by atoms with Gasteiger partial charge in [-0.05, 0) is 35.7 Å². The van der Waals surface area contributed by atoms with E-state index in [4.69, 9.17) is 0 Å². The average Bonchev–Trinajstić information content (AvgIpc) is 2.94. The fraction of sp³-hybridized carbons (Fsp3) is 0.571. The van der Waals surface area contributed by atoms with Crippen molar-refractivity contribution in [2.75, 3.05) is 0 Å². The van der Waals surface area contributed by atoms with Gasteiger partial charge in [-0.2, -0.15) is 5.10 Å². The summed E-state index contributed by atoms with van der Waals surface area (Å²) in [5.41, 5.74) is 2.14. The smallest absolute Gasteiger partial charge is 0.299 e. The van der Waals surface area contributed by atoms with E-state index >= 15 is 0 Å². The first kappa shape index (κ1) is 15.1. The third-order valence-corrected chi connectivity index (χ3v) is 4.31. The van der Waals surface area contributed by atoms with Crippen molar-refractivity contribution in [3.63, 3.8) is 0 Å². The minimum Gasteiger partial charge on any atom is -0.299 e. The van der Waals surface area contributed by atoms with Crippen LogP contribution in [-0.2, 0) is 26.1 Å². The zero-order valence-electron chi connectivity index (χ0n) is 12.3. The number of hydrogen-bond donors (Lipinski definition) is 0. The van der Waals surface area contributed by atoms with Crippen LogP contribution in [0.3, 0.4) is 0 Å². The van der Waals surface area contributed by atoms with Gasteiger partial charge in [-0.15, -0.1) is 0 Å². The number of nitrogens with zero attached hydrogens (tertiary/aromatic N) is 4. The summed E-state index contributed by atoms with van der Waals surface area (Å²) >= 11 is 3.62. The second-order valence-electron chi connectivity index (χ2n) is 4.78. The Morgan fingerprint density at radius 2 is 1.90 bits per heavy atom. The van der Waals surface area contributed by atoms with Gasteiger partial charge < -0.3 is 0 Å². The molecule has 0 atom stereocenters. The van der Waals surface area contributed by atoms with Gasteiger partial charge in [0.2, 0.25) is 0 Å². The quantitative estimate of drug-likeness (QED) is 0.811. The molecule has 0 N–H and O–H groups in total. The molecule has 2 aromatic rings. The maximum atomic E-state index is 12.2. The summed E-state index contributed by atoms with van der Waals surface area (Å²) in [6, 6.07) is 0. The summed E-state index contributed by atoms with van der Waals surface area (Å²) in [7, 11) is 0. The van der Waals surface area contributed by atoms with Gasteiger partial charge in [0.1, 0.15) is 0 Å². The molecular weight excluding hydrogens is 320 g/mol. The minimum absolute atomic E-state index is 0.0423. The van der Waals surface area contributed by atoms with Gasteiger partial charge in [-0.3, -0.25) is 13.8 Å². The number of rotatable bonds is 6. The molecule has 0 bridgehead atoms. The number of halogens is 1. The van der Waals surface area contributed by atoms with Crippen LogP contribution in [0, 0.1) is 0 Å². The first-order valence-corrected chi connectivity index (χ1v) is 7.91. The average molecular weight is 341 g/mol. The Hall–Kier alpha value is -1.30. The molecular formula is C14H21BrN4O. The Kier molecular flexibility index (Phi) is 4.86. The molecule has 110 valence electrons. The summed E-state index contributed by atoms with van der Waals surface area (Å²) in [4.78, 5) is 12.2. The van der Waals surface area contributed by atoms with Crippen LogP contribution >= 0.6 is 15.9 Å². The Labute approximate surface area is 127 Å². The van der Waals surface area contributed by atoms with Crippen molar-refractivity contribution < 1.29 is 0 Å². The summed E-state index contributed by atoms with van der Waals surface area (Å²) in [5.74, 6) is 0. The fourth-order valence-corrected chi connectivity index (χ4v) is 3.00. The molecule has 0 amide bonds. The van der Waals surface area contributed by atoms with E-state index in [0.717, 1.165) is 41.8 Å². The van der Waals surface area contributed by atoms with Crippen LogP contribution in [0.25, 0.3) is 0 Å². The van der Waals surface area contributed by atoms with Gasteiger partial charge in [-0.25, -0.2) is 4.79 Å². The Bertz CT molecular complexity index is 638. The van der Waals surface area contributed by atoms with Crippen molar-refractivity contribution in [1.29, 1.82) is 0 Å². The summed E-state index contributed by atoms with van der Waals surface area (Å²) < 4.78 is 6.48. The zero-order chi connectivity index (χ0) is 14.7. The third-order valence-electron chi connectivity index (χ3n) is 3.40. The van der Waals surface area contributed by atoms with Crippen LogP contribution in [0.1, 0.15) is 38.6 Å². The molecule has 2 heterocycles. The lowest BCUT2D eigenvalue weighted by molar-refractivity contribution is 0.575. The molecule has 5 nitrogen and oxygen atoms in total. The van der Waals surface area contributed by atoms with Crippen molar-refractivity contribution in [3.05, 3.63) is 38.7 Å². The molecule has 0 saturated carbocycles. The van der Waals surface area contributed by atoms with Crippen molar-refractivity contribution >= 4 is 15.9 Å². The SMILES string of the molecule is CCCn1ccn(Cc2c(Br)c(CC)nn2CC)c1=O. The van der Waals surface area contributed by atoms with Crippen LogP contribution in [0.5, 0.6) is 0 Å². The molecule has 0 radical (unpaired) electrons. The molecule has 0 aliphatic carbocycles. The second kappa shape index (κ2) is 6.43. The maximum absolute atomic E-state index is 12.2. The van der Waals surface area contributed by atoms with E-state index in [1.54, 1.807) is 9.13 Å². The van der Waals surface area contributed by atoms with Crippen LogP contribution in [0.4, 0.5) is 0 Å². The first-order chi connectivity index (χ1) is 9.62. The summed E-state index contributed by atoms with van der Waals surface area (Å²) in [6.45, 7) is 8.34. The van der Waals surface area contributed by atoms with Gasteiger partial charge in [0, 0.05) is 25.5 Å². The molecule has 20 heavy (non-hydrogen) atoms. The Balaban J connectivity index is 2.35. The lowest BCUT2D eigenvalue weighted by atomic mass is 10.3. The van der Waals surface area contributed by atoms with E-state index in [1.165, 1.54) is 0 Å². The van der Waals surface area contributed by atoms with Crippen LogP contribution in [-0.4, -0.2) is 18.9 Å². The summed E-state index contributed by atoms with van der Waals surface area (Å²) in [6.07, 6.45) is 5.54. The molecule has 6 heteroatoms. The van der Waals surface area contributed by atoms with Gasteiger partial charge in [0.15, 0.2) is 0 Å². The summed E-state index contributed by atoms with van der Waals surface area (Å²) in [5, 5.41) is 4.56. The Morgan fingerprint density at radius 1 is 1.20 bits per heavy atom. The van der Waals surface area contributed by atoms with Gasteiger partial charge in [0.05, 0.1) is 22.4 Å². The van der Waals surface area contributed by atoms with Crippen LogP contribution < -0.4 is 5.69 Å². The highest BCUT2D eigenvalue weighted by Gasteiger charge is 2.15. The van der Waals surface area contributed by atoms with E-state index in [0.29, 0.717) is 6.54 Å². The normalized spacial score (nSPS) is 11.2. The monoisotopic (exact) mass is 340 g/mol.